The first-order valence-electron chi connectivity index (χ1n) is 18.8. The van der Waals surface area contributed by atoms with Crippen LogP contribution in [0.5, 0.6) is 11.8 Å². The van der Waals surface area contributed by atoms with Crippen LogP contribution in [-0.2, 0) is 131 Å². The molecule has 3 aliphatic rings. The molecule has 0 unspecified atom stereocenters. The number of halogens is 6. The SMILES string of the molecule is CC.CC.CC.CN1CCc2[nH][nH]c(=O)c2C1.CN1CCc2[nH]nc(OS(=O)(=O)C(F)(F)F)c2C1.[C-]#CCC.[C-]#CCn1nc(OS(=O)(=O)C(F)(F)F)c2c1CCN(C)C2.[Y].[Y]. The minimum atomic E-state index is -5.76. The summed E-state index contributed by atoms with van der Waals surface area (Å²) >= 11 is 0. The third kappa shape index (κ3) is 19.1. The Kier molecular flexibility index (Phi) is 31.0. The normalized spacial score (nSPS) is 14.5. The van der Waals surface area contributed by atoms with E-state index in [0.29, 0.717) is 42.9 Å². The predicted octanol–water partition coefficient (Wildman–Crippen LogP) is 5.07. The number of hydrogen-bond donors (Lipinski definition) is 3. The summed E-state index contributed by atoms with van der Waals surface area (Å²) in [5.74, 6) is 3.12. The standard InChI is InChI=1S/C11H11F3N3O3S.C8H10F3N3O3S.C7H11N3O.C4H5.3C2H6.2Y/c1-3-5-17-9-4-6-16(2)7-8(9)10(15-17)20-21(18,19)11(12,13)14;1-14-3-2-6-5(4-14)7(13-12-6)17-18(15,16)8(9,10)11;1-10-3-2-6-5(4-10)7(11)9-8-6;1-3-4-2;3*1-2;;/h4-7H2,2H3;2-4H2,1H3,(H,12,13);2-4H2,1H3,(H2,8,9,11);3H2,1H3;3*1-2H3;;/q-1;;;-1;;;;;. The van der Waals surface area contributed by atoms with Crippen LogP contribution in [0, 0.1) is 24.7 Å². The number of rotatable bonds is 5. The molecule has 3 aromatic rings. The third-order valence-electron chi connectivity index (χ3n) is 7.86. The molecule has 0 bridgehead atoms. The summed E-state index contributed by atoms with van der Waals surface area (Å²) in [5.41, 5.74) is -7.18. The summed E-state index contributed by atoms with van der Waals surface area (Å²) < 4.78 is 127. The number of nitrogens with zero attached hydrogens (tertiary/aromatic N) is 6. The van der Waals surface area contributed by atoms with Crippen LogP contribution >= 0.6 is 0 Å². The van der Waals surface area contributed by atoms with E-state index in [9.17, 15) is 48.0 Å². The van der Waals surface area contributed by atoms with Crippen molar-refractivity contribution in [2.24, 2.45) is 0 Å². The fourth-order valence-electron chi connectivity index (χ4n) is 5.09. The number of aromatic nitrogens is 6. The van der Waals surface area contributed by atoms with Gasteiger partial charge in [0.05, 0.1) is 23.2 Å². The van der Waals surface area contributed by atoms with Gasteiger partial charge in [0.2, 0.25) is 0 Å². The maximum absolute atomic E-state index is 12.4. The van der Waals surface area contributed by atoms with Gasteiger partial charge in [0.1, 0.15) is 0 Å². The van der Waals surface area contributed by atoms with Crippen molar-refractivity contribution in [3.8, 4) is 23.6 Å². The summed E-state index contributed by atoms with van der Waals surface area (Å²) in [7, 11) is -5.91. The molecular weight excluding hydrogens is 1030 g/mol. The van der Waals surface area contributed by atoms with E-state index < -0.39 is 43.0 Å². The first-order valence-corrected chi connectivity index (χ1v) is 21.7. The summed E-state index contributed by atoms with van der Waals surface area (Å²) in [6, 6.07) is 0. The van der Waals surface area contributed by atoms with Crippen LogP contribution in [-0.4, -0.2) is 114 Å². The van der Waals surface area contributed by atoms with Crippen LogP contribution in [0.2, 0.25) is 0 Å². The predicted molar refractivity (Wildman–Crippen MR) is 212 cm³/mol. The molecular formula is C36H55F6N9O7S2Y2-2. The largest absolute Gasteiger partial charge is 0.694 e. The van der Waals surface area contributed by atoms with Gasteiger partial charge in [-0.2, -0.15) is 43.2 Å². The van der Waals surface area contributed by atoms with Crippen molar-refractivity contribution >= 4 is 20.2 Å². The maximum Gasteiger partial charge on any atom is 0.534 e. The van der Waals surface area contributed by atoms with Crippen LogP contribution in [0.25, 0.3) is 0 Å². The fourth-order valence-corrected chi connectivity index (χ4v) is 5.97. The molecule has 0 spiro atoms. The Morgan fingerprint density at radius 1 is 0.677 bits per heavy atom. The second-order valence-corrected chi connectivity index (χ2v) is 15.1. The molecule has 0 fully saturated rings. The van der Waals surface area contributed by atoms with E-state index in [1.165, 1.54) is 4.68 Å². The average molecular weight is 1080 g/mol. The average Bonchev–Trinajstić information content (AvgIpc) is 3.87. The number of H-pyrrole nitrogens is 3. The quantitative estimate of drug-likeness (QED) is 0.101. The van der Waals surface area contributed by atoms with Gasteiger partial charge in [-0.3, -0.25) is 19.7 Å². The van der Waals surface area contributed by atoms with Crippen molar-refractivity contribution < 1.29 is 117 Å². The van der Waals surface area contributed by atoms with E-state index >= 15 is 0 Å². The van der Waals surface area contributed by atoms with Crippen molar-refractivity contribution in [3.05, 3.63) is 57.0 Å². The molecule has 3 N–H and O–H groups in total. The van der Waals surface area contributed by atoms with E-state index in [0.717, 1.165) is 37.2 Å². The minimum Gasteiger partial charge on any atom is -0.694 e. The Hall–Kier alpha value is -2.28. The van der Waals surface area contributed by atoms with Gasteiger partial charge in [-0.15, -0.1) is 10.2 Å². The molecule has 0 atom stereocenters. The van der Waals surface area contributed by atoms with Crippen LogP contribution < -0.4 is 13.9 Å². The molecule has 3 aliphatic heterocycles. The van der Waals surface area contributed by atoms with Gasteiger partial charge in [-0.1, -0.05) is 48.5 Å². The van der Waals surface area contributed by atoms with E-state index in [1.54, 1.807) is 19.0 Å². The molecule has 62 heavy (non-hydrogen) atoms. The van der Waals surface area contributed by atoms with Gasteiger partial charge in [0.15, 0.2) is 0 Å². The van der Waals surface area contributed by atoms with Gasteiger partial charge in [0.25, 0.3) is 17.3 Å². The molecule has 2 radical (unpaired) electrons. The maximum atomic E-state index is 12.4. The van der Waals surface area contributed by atoms with Crippen molar-refractivity contribution in [1.82, 2.24) is 44.9 Å². The minimum absolute atomic E-state index is 0. The summed E-state index contributed by atoms with van der Waals surface area (Å²) in [5, 5.41) is 15.2. The first kappa shape index (κ1) is 64.0. The number of alkyl halides is 6. The molecule has 0 amide bonds. The van der Waals surface area contributed by atoms with E-state index in [4.69, 9.17) is 12.8 Å². The van der Waals surface area contributed by atoms with Crippen molar-refractivity contribution in [3.63, 3.8) is 0 Å². The van der Waals surface area contributed by atoms with Crippen LogP contribution in [0.3, 0.4) is 0 Å². The van der Waals surface area contributed by atoms with Crippen LogP contribution in [0.4, 0.5) is 26.3 Å². The summed E-state index contributed by atoms with van der Waals surface area (Å²) in [6.45, 7) is 17.5. The Labute approximate surface area is 411 Å². The van der Waals surface area contributed by atoms with Gasteiger partial charge < -0.3 is 52.9 Å². The van der Waals surface area contributed by atoms with E-state index in [1.807, 2.05) is 60.4 Å². The number of hydrogen-bond acceptors (Lipinski definition) is 12. The number of fused-ring (bicyclic) bond motifs is 3. The van der Waals surface area contributed by atoms with Gasteiger partial charge in [-0.05, 0) is 27.6 Å². The molecule has 16 nitrogen and oxygen atoms in total. The second-order valence-electron chi connectivity index (χ2n) is 12.0. The molecule has 3 aromatic heterocycles. The van der Waals surface area contributed by atoms with Crippen molar-refractivity contribution in [1.29, 1.82) is 0 Å². The third-order valence-corrected chi connectivity index (χ3v) is 9.75. The zero-order valence-electron chi connectivity index (χ0n) is 36.6. The Bertz CT molecular complexity index is 2130. The monoisotopic (exact) mass is 1080 g/mol. The Morgan fingerprint density at radius 3 is 1.55 bits per heavy atom. The number of aromatic amines is 3. The Morgan fingerprint density at radius 2 is 1.10 bits per heavy atom. The van der Waals surface area contributed by atoms with E-state index in [-0.39, 0.29) is 96.2 Å². The number of likely N-dealkylation sites (N-methyl/N-ethyl adjacent to an activating group) is 3. The smallest absolute Gasteiger partial charge is 0.534 e. The summed E-state index contributed by atoms with van der Waals surface area (Å²) in [4.78, 5) is 16.9. The fraction of sp³-hybridized carbons (Fsp3) is 0.639. The van der Waals surface area contributed by atoms with Gasteiger partial charge in [0, 0.05) is 141 Å². The zero-order chi connectivity index (χ0) is 46.6. The van der Waals surface area contributed by atoms with Crippen LogP contribution in [0.15, 0.2) is 4.79 Å². The van der Waals surface area contributed by atoms with Gasteiger partial charge >= 0.3 is 31.3 Å². The molecule has 26 heteroatoms. The van der Waals surface area contributed by atoms with Gasteiger partial charge in [-0.25, -0.2) is 0 Å². The molecule has 6 heterocycles. The van der Waals surface area contributed by atoms with Crippen molar-refractivity contribution in [2.75, 3.05) is 40.8 Å². The number of nitrogens with one attached hydrogen (secondary N) is 3. The molecule has 6 rings (SSSR count). The zero-order valence-corrected chi connectivity index (χ0v) is 43.9. The van der Waals surface area contributed by atoms with Crippen molar-refractivity contribution in [2.45, 2.75) is 111 Å². The molecule has 0 saturated heterocycles. The molecule has 0 aromatic carbocycles. The Balaban J connectivity index is -0.000000770. The molecule has 0 aliphatic carbocycles. The first-order chi connectivity index (χ1) is 28.0. The molecule has 348 valence electrons. The topological polar surface area (TPSA) is 192 Å². The van der Waals surface area contributed by atoms with E-state index in [2.05, 4.69) is 50.6 Å². The second kappa shape index (κ2) is 30.0. The summed E-state index contributed by atoms with van der Waals surface area (Å²) in [6.07, 6.45) is 15.8. The van der Waals surface area contributed by atoms with Crippen LogP contribution in [0.1, 0.15) is 88.7 Å². The molecule has 0 saturated carbocycles.